The summed E-state index contributed by atoms with van der Waals surface area (Å²) in [5.41, 5.74) is 3.81. The van der Waals surface area contributed by atoms with Crippen LogP contribution in [-0.2, 0) is 11.2 Å². The van der Waals surface area contributed by atoms with Crippen molar-refractivity contribution in [2.24, 2.45) is 0 Å². The maximum Gasteiger partial charge on any atom is 0.253 e. The number of carbonyl (C=O) groups excluding carboxylic acids is 1. The second-order valence-electron chi connectivity index (χ2n) is 10.1. The molecule has 0 atom stereocenters. The lowest BCUT2D eigenvalue weighted by atomic mass is 9.99. The summed E-state index contributed by atoms with van der Waals surface area (Å²) in [6.45, 7) is 6.53. The van der Waals surface area contributed by atoms with Gasteiger partial charge in [0.2, 0.25) is 0 Å². The molecule has 4 aromatic rings. The lowest BCUT2D eigenvalue weighted by Gasteiger charge is -2.26. The summed E-state index contributed by atoms with van der Waals surface area (Å²) in [7, 11) is 0. The zero-order valence-corrected chi connectivity index (χ0v) is 21.9. The molecule has 2 saturated heterocycles. The molecule has 38 heavy (non-hydrogen) atoms. The van der Waals surface area contributed by atoms with Gasteiger partial charge in [-0.1, -0.05) is 37.3 Å². The first-order valence-corrected chi connectivity index (χ1v) is 13.7. The maximum absolute atomic E-state index is 13.3. The third-order valence-corrected chi connectivity index (χ3v) is 7.70. The molecular formula is C30H34N6O2. The van der Waals surface area contributed by atoms with Crippen LogP contribution in [0.4, 0.5) is 5.82 Å². The summed E-state index contributed by atoms with van der Waals surface area (Å²) in [5, 5.41) is 5.67. The number of para-hydroxylation sites is 1. The van der Waals surface area contributed by atoms with Gasteiger partial charge in [-0.2, -0.15) is 5.10 Å². The Bertz CT molecular complexity index is 1400. The fourth-order valence-corrected chi connectivity index (χ4v) is 5.45. The number of hydrogen-bond acceptors (Lipinski definition) is 6. The molecule has 0 N–H and O–H groups in total. The number of carbonyl (C=O) groups is 1. The number of rotatable bonds is 5. The molecule has 0 aliphatic carbocycles. The Labute approximate surface area is 223 Å². The fourth-order valence-electron chi connectivity index (χ4n) is 5.45. The van der Waals surface area contributed by atoms with Crippen molar-refractivity contribution in [3.63, 3.8) is 0 Å². The van der Waals surface area contributed by atoms with Crippen LogP contribution in [0, 0.1) is 0 Å². The van der Waals surface area contributed by atoms with Gasteiger partial charge in [0, 0.05) is 50.9 Å². The number of ether oxygens (including phenoxy) is 1. The number of fused-ring (bicyclic) bond motifs is 1. The minimum absolute atomic E-state index is 0.0992. The van der Waals surface area contributed by atoms with Gasteiger partial charge in [-0.15, -0.1) is 0 Å². The van der Waals surface area contributed by atoms with Crippen LogP contribution < -0.4 is 4.90 Å². The molecule has 1 amide bonds. The van der Waals surface area contributed by atoms with Crippen molar-refractivity contribution in [2.75, 3.05) is 44.3 Å². The van der Waals surface area contributed by atoms with Crippen LogP contribution >= 0.6 is 0 Å². The first-order chi connectivity index (χ1) is 18.7. The first-order valence-electron chi connectivity index (χ1n) is 13.7. The highest BCUT2D eigenvalue weighted by molar-refractivity contribution is 5.94. The molecule has 2 fully saturated rings. The molecule has 2 aromatic carbocycles. The van der Waals surface area contributed by atoms with Crippen LogP contribution in [0.2, 0.25) is 0 Å². The van der Waals surface area contributed by atoms with Gasteiger partial charge in [-0.3, -0.25) is 4.79 Å². The van der Waals surface area contributed by atoms with E-state index in [9.17, 15) is 4.79 Å². The highest BCUT2D eigenvalue weighted by Gasteiger charge is 2.27. The summed E-state index contributed by atoms with van der Waals surface area (Å²) in [6, 6.07) is 18.1. The smallest absolute Gasteiger partial charge is 0.253 e. The number of aromatic nitrogens is 4. The molecule has 0 unspecified atom stereocenters. The van der Waals surface area contributed by atoms with Crippen LogP contribution in [0.1, 0.15) is 53.8 Å². The fraction of sp³-hybridized carbons (Fsp3) is 0.400. The standard InChI is InChI=1S/C30H34N6O2/c1-2-22-9-11-24(12-10-22)30(37)35-16-6-15-34(17-18-35)28-26-21-31-36(25-7-4-3-5-8-25)29(26)33-27(32-28)23-13-19-38-20-14-23/h3-5,7-12,21,23H,2,6,13-20H2,1H3. The van der Waals surface area contributed by atoms with Crippen molar-refractivity contribution in [1.29, 1.82) is 0 Å². The Morgan fingerprint density at radius 3 is 2.50 bits per heavy atom. The van der Waals surface area contributed by atoms with E-state index in [4.69, 9.17) is 19.8 Å². The second-order valence-corrected chi connectivity index (χ2v) is 10.1. The Kier molecular flexibility index (Phi) is 7.05. The third kappa shape index (κ3) is 4.88. The molecule has 0 bridgehead atoms. The van der Waals surface area contributed by atoms with E-state index in [1.165, 1.54) is 5.56 Å². The normalized spacial score (nSPS) is 17.1. The van der Waals surface area contributed by atoms with E-state index in [1.807, 2.05) is 58.2 Å². The Morgan fingerprint density at radius 2 is 1.74 bits per heavy atom. The minimum Gasteiger partial charge on any atom is -0.381 e. The van der Waals surface area contributed by atoms with Crippen molar-refractivity contribution < 1.29 is 9.53 Å². The van der Waals surface area contributed by atoms with Gasteiger partial charge >= 0.3 is 0 Å². The molecule has 2 aliphatic rings. The summed E-state index contributed by atoms with van der Waals surface area (Å²) in [6.07, 6.45) is 5.57. The molecule has 0 saturated carbocycles. The van der Waals surface area contributed by atoms with Gasteiger partial charge in [-0.25, -0.2) is 14.6 Å². The zero-order valence-electron chi connectivity index (χ0n) is 21.9. The van der Waals surface area contributed by atoms with Crippen LogP contribution in [0.5, 0.6) is 0 Å². The molecule has 6 rings (SSSR count). The van der Waals surface area contributed by atoms with Crippen molar-refractivity contribution in [1.82, 2.24) is 24.6 Å². The van der Waals surface area contributed by atoms with Gasteiger partial charge in [0.1, 0.15) is 11.6 Å². The van der Waals surface area contributed by atoms with Gasteiger partial charge in [-0.05, 0) is 55.5 Å². The number of hydrogen-bond donors (Lipinski definition) is 0. The largest absolute Gasteiger partial charge is 0.381 e. The van der Waals surface area contributed by atoms with Crippen LogP contribution in [0.3, 0.4) is 0 Å². The average molecular weight is 511 g/mol. The van der Waals surface area contributed by atoms with E-state index in [2.05, 4.69) is 24.0 Å². The Morgan fingerprint density at radius 1 is 0.947 bits per heavy atom. The molecule has 2 aromatic heterocycles. The molecular weight excluding hydrogens is 476 g/mol. The predicted octanol–water partition coefficient (Wildman–Crippen LogP) is 4.62. The van der Waals surface area contributed by atoms with Crippen molar-refractivity contribution in [2.45, 2.75) is 38.5 Å². The van der Waals surface area contributed by atoms with Crippen LogP contribution in [-0.4, -0.2) is 69.9 Å². The van der Waals surface area contributed by atoms with Gasteiger partial charge in [0.15, 0.2) is 5.65 Å². The zero-order chi connectivity index (χ0) is 25.9. The van der Waals surface area contributed by atoms with E-state index >= 15 is 0 Å². The van der Waals surface area contributed by atoms with E-state index in [0.29, 0.717) is 13.1 Å². The number of amides is 1. The van der Waals surface area contributed by atoms with E-state index < -0.39 is 0 Å². The number of benzene rings is 2. The number of nitrogens with zero attached hydrogens (tertiary/aromatic N) is 6. The molecule has 8 heteroatoms. The summed E-state index contributed by atoms with van der Waals surface area (Å²) in [4.78, 5) is 27.8. The van der Waals surface area contributed by atoms with Gasteiger partial charge in [0.05, 0.1) is 17.3 Å². The lowest BCUT2D eigenvalue weighted by molar-refractivity contribution is 0.0767. The number of aryl methyl sites for hydroxylation is 1. The quantitative estimate of drug-likeness (QED) is 0.390. The molecule has 196 valence electrons. The van der Waals surface area contributed by atoms with Gasteiger partial charge < -0.3 is 14.5 Å². The SMILES string of the molecule is CCc1ccc(C(=O)N2CCCN(c3nc(C4CCOCC4)nc4c3cnn4-c3ccccc3)CC2)cc1. The topological polar surface area (TPSA) is 76.4 Å². The molecule has 8 nitrogen and oxygen atoms in total. The first kappa shape index (κ1) is 24.6. The average Bonchev–Trinajstić information content (AvgIpc) is 3.26. The van der Waals surface area contributed by atoms with E-state index in [-0.39, 0.29) is 11.8 Å². The molecule has 0 spiro atoms. The maximum atomic E-state index is 13.3. The molecule has 2 aliphatic heterocycles. The summed E-state index contributed by atoms with van der Waals surface area (Å²) >= 11 is 0. The number of anilines is 1. The highest BCUT2D eigenvalue weighted by atomic mass is 16.5. The monoisotopic (exact) mass is 510 g/mol. The molecule has 4 heterocycles. The highest BCUT2D eigenvalue weighted by Crippen LogP contribution is 2.31. The lowest BCUT2D eigenvalue weighted by Crippen LogP contribution is -2.35. The Balaban J connectivity index is 1.31. The minimum atomic E-state index is 0.0992. The molecule has 0 radical (unpaired) electrons. The summed E-state index contributed by atoms with van der Waals surface area (Å²) in [5.74, 6) is 2.14. The predicted molar refractivity (Wildman–Crippen MR) is 148 cm³/mol. The van der Waals surface area contributed by atoms with Crippen molar-refractivity contribution in [3.8, 4) is 5.69 Å². The van der Waals surface area contributed by atoms with Crippen molar-refractivity contribution >= 4 is 22.8 Å². The van der Waals surface area contributed by atoms with Gasteiger partial charge in [0.25, 0.3) is 5.91 Å². The van der Waals surface area contributed by atoms with E-state index in [0.717, 1.165) is 85.9 Å². The summed E-state index contributed by atoms with van der Waals surface area (Å²) < 4.78 is 7.53. The van der Waals surface area contributed by atoms with Crippen LogP contribution in [0.15, 0.2) is 60.8 Å². The van der Waals surface area contributed by atoms with Crippen molar-refractivity contribution in [3.05, 3.63) is 77.7 Å². The second kappa shape index (κ2) is 10.9. The Hall–Kier alpha value is -3.78. The third-order valence-electron chi connectivity index (χ3n) is 7.70. The van der Waals surface area contributed by atoms with E-state index in [1.54, 1.807) is 0 Å². The van der Waals surface area contributed by atoms with Crippen LogP contribution in [0.25, 0.3) is 16.7 Å².